The Morgan fingerprint density at radius 3 is 0.784 bits per heavy atom. The molecule has 0 aliphatic heterocycles. The van der Waals surface area contributed by atoms with Gasteiger partial charge in [0, 0.05) is 5.92 Å². The third-order valence-electron chi connectivity index (χ3n) is 15.8. The lowest BCUT2D eigenvalue weighted by Gasteiger charge is -2.20. The molecule has 16 heteroatoms. The lowest BCUT2D eigenvalue weighted by Crippen LogP contribution is -2.26. The number of nitriles is 1. The van der Waals surface area contributed by atoms with Gasteiger partial charge in [-0.2, -0.15) is 5.26 Å². The van der Waals surface area contributed by atoms with Crippen LogP contribution in [0.15, 0.2) is 0 Å². The summed E-state index contributed by atoms with van der Waals surface area (Å²) in [5, 5.41) is 32.7. The molecule has 0 saturated carbocycles. The van der Waals surface area contributed by atoms with Crippen molar-refractivity contribution in [2.45, 2.75) is 332 Å². The van der Waals surface area contributed by atoms with Crippen molar-refractivity contribution in [3.05, 3.63) is 0 Å². The fourth-order valence-electron chi connectivity index (χ4n) is 5.93. The third kappa shape index (κ3) is 69.2. The summed E-state index contributed by atoms with van der Waals surface area (Å²) in [6.45, 7) is 43.8. The molecule has 526 valence electrons. The maximum absolute atomic E-state index is 11.7. The topological polar surface area (TPSA) is 250 Å². The van der Waals surface area contributed by atoms with E-state index in [1.807, 2.05) is 118 Å². The Kier molecular flexibility index (Phi) is 76.2. The molecule has 0 spiro atoms. The highest BCUT2D eigenvalue weighted by Crippen LogP contribution is 2.24. The van der Waals surface area contributed by atoms with Crippen molar-refractivity contribution in [2.75, 3.05) is 40.6 Å². The predicted octanol–water partition coefficient (Wildman–Crippen LogP) is 19.3. The van der Waals surface area contributed by atoms with Crippen LogP contribution in [0.5, 0.6) is 0 Å². The van der Waals surface area contributed by atoms with Crippen molar-refractivity contribution in [1.82, 2.24) is 0 Å². The maximum Gasteiger partial charge on any atom is 0.311 e. The summed E-state index contributed by atoms with van der Waals surface area (Å²) in [7, 11) is 2.83. The molecule has 4 unspecified atom stereocenters. The van der Waals surface area contributed by atoms with Crippen LogP contribution in [0.25, 0.3) is 0 Å². The Bertz CT molecular complexity index is 1590. The molecule has 88 heavy (non-hydrogen) atoms. The third-order valence-corrected chi connectivity index (χ3v) is 15.8. The molecule has 0 aliphatic carbocycles. The zero-order valence-electron chi connectivity index (χ0n) is 61.6. The van der Waals surface area contributed by atoms with Crippen LogP contribution in [0, 0.1) is 56.7 Å². The number of carbonyl (C=O) groups excluding carboxylic acids is 5. The molecule has 0 aromatic rings. The number of hydrogen-bond acceptors (Lipinski definition) is 14. The monoisotopic (exact) mass is 1260 g/mol. The van der Waals surface area contributed by atoms with Gasteiger partial charge in [-0.25, -0.2) is 0 Å². The molecular weight excluding hydrogens is 1120 g/mol. The van der Waals surface area contributed by atoms with E-state index in [4.69, 9.17) is 30.1 Å². The first kappa shape index (κ1) is 99.9. The van der Waals surface area contributed by atoms with Gasteiger partial charge in [0.25, 0.3) is 0 Å². The molecule has 3 N–H and O–H groups in total. The van der Waals surface area contributed by atoms with Crippen molar-refractivity contribution in [1.29, 1.82) is 5.26 Å². The van der Waals surface area contributed by atoms with Gasteiger partial charge in [-0.1, -0.05) is 206 Å². The Hall–Kier alpha value is -4.26. The summed E-state index contributed by atoms with van der Waals surface area (Å²) in [6, 6.07) is 2.11. The number of rotatable bonds is 39. The quantitative estimate of drug-likeness (QED) is 0.0294. The number of aliphatic hydroxyl groups is 1. The smallest absolute Gasteiger partial charge is 0.311 e. The normalized spacial score (nSPS) is 12.0. The number of aliphatic hydroxyl groups excluding tert-OH is 1. The Labute approximate surface area is 541 Å². The molecule has 0 fully saturated rings. The van der Waals surface area contributed by atoms with Gasteiger partial charge in [0.2, 0.25) is 0 Å². The highest BCUT2D eigenvalue weighted by molar-refractivity contribution is 5.77. The summed E-state index contributed by atoms with van der Waals surface area (Å²) >= 11 is 0. The second-order valence-corrected chi connectivity index (χ2v) is 25.5. The minimum atomic E-state index is -0.706. The first-order valence-corrected chi connectivity index (χ1v) is 34.2. The van der Waals surface area contributed by atoms with Crippen molar-refractivity contribution in [3.63, 3.8) is 0 Å². The van der Waals surface area contributed by atoms with E-state index in [1.54, 1.807) is 20.8 Å². The summed E-state index contributed by atoms with van der Waals surface area (Å²) in [5.41, 5.74) is -1.26. The van der Waals surface area contributed by atoms with Crippen LogP contribution in [-0.4, -0.2) is 97.8 Å². The van der Waals surface area contributed by atoms with Crippen molar-refractivity contribution < 1.29 is 72.6 Å². The van der Waals surface area contributed by atoms with Gasteiger partial charge >= 0.3 is 41.8 Å². The van der Waals surface area contributed by atoms with Crippen LogP contribution < -0.4 is 0 Å². The van der Waals surface area contributed by atoms with Gasteiger partial charge in [-0.15, -0.1) is 0 Å². The second-order valence-electron chi connectivity index (χ2n) is 25.5. The molecule has 0 rings (SSSR count). The number of carboxylic acid groups (broad SMARTS) is 2. The van der Waals surface area contributed by atoms with E-state index in [9.17, 15) is 33.6 Å². The minimum Gasteiger partial charge on any atom is -0.481 e. The molecule has 0 amide bonds. The number of carboxylic acids is 2. The van der Waals surface area contributed by atoms with Gasteiger partial charge in [-0.3, -0.25) is 33.6 Å². The first-order chi connectivity index (χ1) is 41.1. The van der Waals surface area contributed by atoms with E-state index < -0.39 is 11.9 Å². The van der Waals surface area contributed by atoms with Crippen LogP contribution in [0.4, 0.5) is 0 Å². The largest absolute Gasteiger partial charge is 0.481 e. The maximum atomic E-state index is 11.7. The Morgan fingerprint density at radius 2 is 0.625 bits per heavy atom. The summed E-state index contributed by atoms with van der Waals surface area (Å²) in [6.07, 6.45) is 32.7. The van der Waals surface area contributed by atoms with Gasteiger partial charge in [-0.05, 0) is 127 Å². The van der Waals surface area contributed by atoms with E-state index in [0.29, 0.717) is 13.2 Å². The number of ether oxygens (including phenoxy) is 5. The Morgan fingerprint density at radius 1 is 0.375 bits per heavy atom. The van der Waals surface area contributed by atoms with Gasteiger partial charge in [0.1, 0.15) is 6.61 Å². The molecule has 4 atom stereocenters. The molecule has 0 saturated heterocycles. The fraction of sp³-hybridized carbons (Fsp3) is 0.889. The summed E-state index contributed by atoms with van der Waals surface area (Å²) < 4.78 is 24.5. The van der Waals surface area contributed by atoms with Gasteiger partial charge < -0.3 is 39.0 Å². The summed E-state index contributed by atoms with van der Waals surface area (Å²) in [5.74, 6) is -2.17. The standard InChI is InChI=1S/2C18H36O2.C7H14O3.2C7H14O2.C5H9N.2C5H10O2/c2*1-5-7-8-9-10-11-12-13-14-15-16-20-17(19)18(3,4)6-2;1-3-6(2)7(9)10-5-4-8;2*1-5-7(2,3)6(8)9-4;1-3-5(2)4-6;2*1-3-4(2)5(6)7/h2*5-16H2,1-4H3;6,8H,3-5H2,1-2H3;2*5H2,1-4H3;5H,3H2,1-2H3;2*4H,3H2,1-2H3,(H,6,7). The first-order valence-electron chi connectivity index (χ1n) is 34.2. The Balaban J connectivity index is -0.000000145. The van der Waals surface area contributed by atoms with Crippen LogP contribution in [-0.2, 0) is 57.2 Å². The number of nitrogens with zero attached hydrogens (tertiary/aromatic N) is 1. The van der Waals surface area contributed by atoms with Gasteiger partial charge in [0.05, 0.1) is 79.5 Å². The molecule has 0 aromatic carbocycles. The zero-order chi connectivity index (χ0) is 70.2. The minimum absolute atomic E-state index is 0.0454. The average Bonchev–Trinajstić information content (AvgIpc) is 3.69. The molecule has 0 radical (unpaired) electrons. The highest BCUT2D eigenvalue weighted by Gasteiger charge is 2.28. The van der Waals surface area contributed by atoms with E-state index >= 15 is 0 Å². The van der Waals surface area contributed by atoms with Crippen LogP contribution in [0.2, 0.25) is 0 Å². The molecule has 0 aliphatic rings. The van der Waals surface area contributed by atoms with E-state index in [2.05, 4.69) is 34.1 Å². The SMILES string of the molecule is CCC(C)(C)C(=O)OC.CCC(C)(C)C(=O)OC.CCC(C)C#N.CCC(C)C(=O)O.CCC(C)C(=O)O.CCC(C)C(=O)OCCO.CCCCCCCCCCCCOC(=O)C(C)(C)CC.CCCCCCCCCCCCOC(=O)C(C)(C)CC. The summed E-state index contributed by atoms with van der Waals surface area (Å²) in [4.78, 5) is 75.8. The van der Waals surface area contributed by atoms with Crippen molar-refractivity contribution >= 4 is 41.8 Å². The van der Waals surface area contributed by atoms with E-state index in [0.717, 1.165) is 64.2 Å². The molecule has 0 heterocycles. The molecule has 0 bridgehead atoms. The predicted molar refractivity (Wildman–Crippen MR) is 363 cm³/mol. The van der Waals surface area contributed by atoms with E-state index in [1.165, 1.54) is 130 Å². The number of hydrogen-bond donors (Lipinski definition) is 3. The number of aliphatic carboxylic acids is 2. The van der Waals surface area contributed by atoms with Gasteiger partial charge in [0.15, 0.2) is 0 Å². The number of carbonyl (C=O) groups is 7. The highest BCUT2D eigenvalue weighted by atomic mass is 16.5. The van der Waals surface area contributed by atoms with Crippen LogP contribution in [0.3, 0.4) is 0 Å². The lowest BCUT2D eigenvalue weighted by molar-refractivity contribution is -0.155. The fourth-order valence-corrected chi connectivity index (χ4v) is 5.93. The lowest BCUT2D eigenvalue weighted by atomic mass is 9.91. The zero-order valence-corrected chi connectivity index (χ0v) is 61.6. The van der Waals surface area contributed by atoms with Crippen molar-refractivity contribution in [3.8, 4) is 6.07 Å². The molecule has 16 nitrogen and oxygen atoms in total. The van der Waals surface area contributed by atoms with Crippen LogP contribution >= 0.6 is 0 Å². The number of unbranched alkanes of at least 4 members (excludes halogenated alkanes) is 18. The number of methoxy groups -OCH3 is 2. The molecular formula is C72H143NO15. The van der Waals surface area contributed by atoms with E-state index in [-0.39, 0.29) is 88.4 Å². The average molecular weight is 1260 g/mol. The number of esters is 5. The van der Waals surface area contributed by atoms with Crippen LogP contribution in [0.1, 0.15) is 332 Å². The van der Waals surface area contributed by atoms with Crippen molar-refractivity contribution in [2.24, 2.45) is 45.3 Å². The second kappa shape index (κ2) is 67.1. The molecule has 0 aromatic heterocycles.